The summed E-state index contributed by atoms with van der Waals surface area (Å²) in [7, 11) is 0. The molecule has 0 saturated heterocycles. The molecule has 1 aromatic carbocycles. The van der Waals surface area contributed by atoms with Crippen molar-refractivity contribution in [2.24, 2.45) is 0 Å². The zero-order chi connectivity index (χ0) is 8.59. The maximum absolute atomic E-state index is 11.0. The van der Waals surface area contributed by atoms with Crippen LogP contribution in [0.3, 0.4) is 0 Å². The molecule has 0 aliphatic rings. The minimum Gasteiger partial charge on any atom is -0.870 e. The Hall–Kier alpha value is 1.82. The molecule has 0 spiro atoms. The van der Waals surface area contributed by atoms with E-state index in [1.165, 1.54) is 6.07 Å². The van der Waals surface area contributed by atoms with E-state index in [-0.39, 0.29) is 71.5 Å². The van der Waals surface area contributed by atoms with Crippen LogP contribution in [0, 0.1) is 0 Å². The quantitative estimate of drug-likeness (QED) is 0.493. The Morgan fingerprint density at radius 2 is 1.25 bits per heavy atom. The van der Waals surface area contributed by atoms with Gasteiger partial charge in [0.2, 0.25) is 0 Å². The second-order valence-electron chi connectivity index (χ2n) is 1.80. The van der Waals surface area contributed by atoms with Gasteiger partial charge >= 0.3 is 51.4 Å². The molecular weight excluding hydrogens is 269 g/mol. The Balaban J connectivity index is 0.00000121. The van der Waals surface area contributed by atoms with Crippen LogP contribution in [0.15, 0.2) is 6.07 Å². The van der Waals surface area contributed by atoms with E-state index in [1.54, 1.807) is 0 Å². The molecule has 0 bridgehead atoms. The van der Waals surface area contributed by atoms with Crippen LogP contribution in [0.1, 0.15) is 0 Å². The van der Waals surface area contributed by atoms with Gasteiger partial charge in [-0.3, -0.25) is 0 Å². The first kappa shape index (κ1) is 13.8. The van der Waals surface area contributed by atoms with Crippen LogP contribution in [0.4, 0.5) is 0 Å². The molecular formula is C6HCl4KO. The van der Waals surface area contributed by atoms with E-state index in [9.17, 15) is 5.11 Å². The third-order valence-corrected chi connectivity index (χ3v) is 2.61. The second-order valence-corrected chi connectivity index (χ2v) is 3.37. The summed E-state index contributed by atoms with van der Waals surface area (Å²) in [6.45, 7) is 0. The first-order valence-electron chi connectivity index (χ1n) is 2.54. The van der Waals surface area contributed by atoms with E-state index >= 15 is 0 Å². The molecule has 0 aliphatic heterocycles. The molecule has 0 aromatic heterocycles. The van der Waals surface area contributed by atoms with Gasteiger partial charge in [-0.1, -0.05) is 52.2 Å². The molecule has 0 atom stereocenters. The number of rotatable bonds is 0. The van der Waals surface area contributed by atoms with Gasteiger partial charge in [0.1, 0.15) is 0 Å². The zero-order valence-corrected chi connectivity index (χ0v) is 12.1. The van der Waals surface area contributed by atoms with Crippen molar-refractivity contribution in [1.29, 1.82) is 0 Å². The van der Waals surface area contributed by atoms with Crippen molar-refractivity contribution in [3.05, 3.63) is 26.2 Å². The van der Waals surface area contributed by atoms with Crippen molar-refractivity contribution >= 4 is 46.4 Å². The Morgan fingerprint density at radius 3 is 1.58 bits per heavy atom. The monoisotopic (exact) mass is 268 g/mol. The number of hydrogen-bond acceptors (Lipinski definition) is 1. The SMILES string of the molecule is [K+].[O-]c1c(Cl)c(Cl)cc(Cl)c1Cl. The van der Waals surface area contributed by atoms with Gasteiger partial charge in [0.25, 0.3) is 0 Å². The van der Waals surface area contributed by atoms with Crippen molar-refractivity contribution in [1.82, 2.24) is 0 Å². The van der Waals surface area contributed by atoms with Crippen molar-refractivity contribution < 1.29 is 56.5 Å². The van der Waals surface area contributed by atoms with Gasteiger partial charge in [-0.2, -0.15) is 0 Å². The Kier molecular flexibility index (Phi) is 6.49. The fourth-order valence-corrected chi connectivity index (χ4v) is 1.34. The number of halogens is 4. The van der Waals surface area contributed by atoms with Crippen LogP contribution in [-0.4, -0.2) is 0 Å². The average molecular weight is 270 g/mol. The number of hydrogen-bond donors (Lipinski definition) is 0. The average Bonchev–Trinajstić information content (AvgIpc) is 1.97. The summed E-state index contributed by atoms with van der Waals surface area (Å²) in [4.78, 5) is 0. The topological polar surface area (TPSA) is 23.1 Å². The number of benzene rings is 1. The predicted molar refractivity (Wildman–Crippen MR) is 45.9 cm³/mol. The third-order valence-electron chi connectivity index (χ3n) is 1.07. The van der Waals surface area contributed by atoms with Crippen LogP contribution >= 0.6 is 46.4 Å². The second kappa shape index (κ2) is 5.64. The minimum absolute atomic E-state index is 0. The molecule has 1 rings (SSSR count). The maximum Gasteiger partial charge on any atom is 1.00 e. The molecule has 1 aromatic rings. The summed E-state index contributed by atoms with van der Waals surface area (Å²) in [5, 5.41) is 11.0. The summed E-state index contributed by atoms with van der Waals surface area (Å²) in [5.41, 5.74) is 0. The van der Waals surface area contributed by atoms with Crippen LogP contribution in [0.5, 0.6) is 5.75 Å². The van der Waals surface area contributed by atoms with Gasteiger partial charge in [-0.15, -0.1) is 0 Å². The van der Waals surface area contributed by atoms with Crippen molar-refractivity contribution in [3.63, 3.8) is 0 Å². The molecule has 0 heterocycles. The van der Waals surface area contributed by atoms with Gasteiger partial charge < -0.3 is 5.11 Å². The van der Waals surface area contributed by atoms with Crippen molar-refractivity contribution in [2.75, 3.05) is 0 Å². The predicted octanol–water partition coefficient (Wildman–Crippen LogP) is 0.378. The fourth-order valence-electron chi connectivity index (χ4n) is 0.551. The smallest absolute Gasteiger partial charge is 0.870 e. The Morgan fingerprint density at radius 1 is 0.917 bits per heavy atom. The molecule has 0 fully saturated rings. The van der Waals surface area contributed by atoms with Crippen LogP contribution in [0.2, 0.25) is 20.1 Å². The Bertz CT molecular complexity index is 276. The van der Waals surface area contributed by atoms with Gasteiger partial charge in [0.15, 0.2) is 0 Å². The largest absolute Gasteiger partial charge is 1.00 e. The van der Waals surface area contributed by atoms with E-state index in [0.29, 0.717) is 0 Å². The normalized spacial score (nSPS) is 9.33. The van der Waals surface area contributed by atoms with Gasteiger partial charge in [-0.25, -0.2) is 0 Å². The molecule has 0 saturated carbocycles. The van der Waals surface area contributed by atoms with Gasteiger partial charge in [-0.05, 0) is 6.07 Å². The zero-order valence-electron chi connectivity index (χ0n) is 6.00. The fraction of sp³-hybridized carbons (Fsp3) is 0. The maximum atomic E-state index is 11.0. The van der Waals surface area contributed by atoms with Gasteiger partial charge in [0, 0.05) is 0 Å². The third kappa shape index (κ3) is 2.90. The standard InChI is InChI=1S/C6H2Cl4O.K/c7-2-1-3(8)5(10)6(11)4(2)9;/h1,11H;/q;+1/p-1. The van der Waals surface area contributed by atoms with Crippen LogP contribution in [-0.2, 0) is 0 Å². The molecule has 12 heavy (non-hydrogen) atoms. The van der Waals surface area contributed by atoms with E-state index in [2.05, 4.69) is 0 Å². The molecule has 1 nitrogen and oxygen atoms in total. The minimum atomic E-state index is -0.536. The van der Waals surface area contributed by atoms with E-state index in [4.69, 9.17) is 46.4 Å². The summed E-state index contributed by atoms with van der Waals surface area (Å²) >= 11 is 22.0. The molecule has 6 heteroatoms. The summed E-state index contributed by atoms with van der Waals surface area (Å²) < 4.78 is 0. The van der Waals surface area contributed by atoms with Crippen molar-refractivity contribution in [3.8, 4) is 5.75 Å². The molecule has 0 N–H and O–H groups in total. The van der Waals surface area contributed by atoms with Crippen molar-refractivity contribution in [2.45, 2.75) is 0 Å². The molecule has 0 amide bonds. The summed E-state index contributed by atoms with van der Waals surface area (Å²) in [5.74, 6) is -0.536. The molecule has 0 aliphatic carbocycles. The first-order chi connectivity index (χ1) is 5.04. The summed E-state index contributed by atoms with van der Waals surface area (Å²) in [6, 6.07) is 1.33. The molecule has 0 unspecified atom stereocenters. The van der Waals surface area contributed by atoms with Gasteiger partial charge in [0.05, 0.1) is 20.1 Å². The van der Waals surface area contributed by atoms with E-state index < -0.39 is 5.75 Å². The van der Waals surface area contributed by atoms with Crippen LogP contribution < -0.4 is 56.5 Å². The molecule has 60 valence electrons. The first-order valence-corrected chi connectivity index (χ1v) is 4.05. The van der Waals surface area contributed by atoms with E-state index in [0.717, 1.165) is 0 Å². The van der Waals surface area contributed by atoms with E-state index in [1.807, 2.05) is 0 Å². The summed E-state index contributed by atoms with van der Waals surface area (Å²) in [6.07, 6.45) is 0. The van der Waals surface area contributed by atoms with Crippen LogP contribution in [0.25, 0.3) is 0 Å². The molecule has 0 radical (unpaired) electrons. The Labute approximate surface area is 132 Å².